The van der Waals surface area contributed by atoms with Gasteiger partial charge in [-0.05, 0) is 36.3 Å². The lowest BCUT2D eigenvalue weighted by atomic mass is 10.0. The van der Waals surface area contributed by atoms with Crippen molar-refractivity contribution in [2.24, 2.45) is 5.92 Å². The highest BCUT2D eigenvalue weighted by molar-refractivity contribution is 7.49. The Morgan fingerprint density at radius 1 is 1.02 bits per heavy atom. The Kier molecular flexibility index (Phi) is 6.64. The van der Waals surface area contributed by atoms with Gasteiger partial charge in [0.25, 0.3) is 0 Å². The highest BCUT2D eigenvalue weighted by Crippen LogP contribution is 2.53. The molecule has 4 aromatic rings. The Morgan fingerprint density at radius 3 is 2.28 bits per heavy atom. The number of rotatable bonds is 9. The standard InChI is InChI=1S/C27H26N5O10P/c1-14-17(19(33)9-18(14)32-11-29-24-25(32)30-27(28)31-26(24)35-2)10-40-43(34,41-15-3-5-20-22(7-15)38-12-36-20)42-16-4-6-21-23(8-16)39-13-37-21/h3-8,11,17-19,33H,1,9-10,12-13H2,2H3,(H2,28,30,31). The van der Waals surface area contributed by atoms with Gasteiger partial charge in [-0.15, -0.1) is 0 Å². The topological polar surface area (TPSA) is 181 Å². The highest BCUT2D eigenvalue weighted by atomic mass is 31.2. The third-order valence-electron chi connectivity index (χ3n) is 7.30. The second kappa shape index (κ2) is 10.5. The third-order valence-corrected chi connectivity index (χ3v) is 8.64. The van der Waals surface area contributed by atoms with E-state index in [9.17, 15) is 9.67 Å². The van der Waals surface area contributed by atoms with Gasteiger partial charge in [0.2, 0.25) is 25.4 Å². The van der Waals surface area contributed by atoms with E-state index in [0.717, 1.165) is 0 Å². The van der Waals surface area contributed by atoms with Gasteiger partial charge in [0.15, 0.2) is 34.2 Å². The maximum Gasteiger partial charge on any atom is 0.587 e. The number of benzene rings is 2. The van der Waals surface area contributed by atoms with Crippen LogP contribution in [0.2, 0.25) is 0 Å². The summed E-state index contributed by atoms with van der Waals surface area (Å²) in [5.74, 6) is 1.80. The number of anilines is 1. The summed E-state index contributed by atoms with van der Waals surface area (Å²) in [5.41, 5.74) is 7.31. The molecule has 3 aliphatic rings. The summed E-state index contributed by atoms with van der Waals surface area (Å²) < 4.78 is 60.2. The van der Waals surface area contributed by atoms with Gasteiger partial charge in [0.1, 0.15) is 11.5 Å². The maximum atomic E-state index is 14.1. The number of nitrogen functional groups attached to an aromatic ring is 1. The molecule has 3 N–H and O–H groups in total. The van der Waals surface area contributed by atoms with Gasteiger partial charge in [-0.1, -0.05) is 6.58 Å². The first-order valence-electron chi connectivity index (χ1n) is 13.1. The lowest BCUT2D eigenvalue weighted by Crippen LogP contribution is -2.21. The molecule has 1 aliphatic carbocycles. The summed E-state index contributed by atoms with van der Waals surface area (Å²) in [5, 5.41) is 11.1. The molecule has 7 rings (SSSR count). The fraction of sp³-hybridized carbons (Fsp3) is 0.296. The molecule has 0 spiro atoms. The number of ether oxygens (including phenoxy) is 5. The predicted octanol–water partition coefficient (Wildman–Crippen LogP) is 3.64. The van der Waals surface area contributed by atoms with Crippen molar-refractivity contribution in [2.45, 2.75) is 18.6 Å². The molecule has 2 aliphatic heterocycles. The number of aliphatic hydroxyl groups is 1. The lowest BCUT2D eigenvalue weighted by molar-refractivity contribution is 0.0971. The van der Waals surface area contributed by atoms with Crippen molar-refractivity contribution in [2.75, 3.05) is 33.0 Å². The largest absolute Gasteiger partial charge is 0.587 e. The van der Waals surface area contributed by atoms with Gasteiger partial charge < -0.3 is 48.1 Å². The normalized spacial score (nSPS) is 20.5. The van der Waals surface area contributed by atoms with Crippen LogP contribution < -0.4 is 38.5 Å². The number of phosphoric ester groups is 1. The van der Waals surface area contributed by atoms with Crippen LogP contribution in [0.3, 0.4) is 0 Å². The highest BCUT2D eigenvalue weighted by Gasteiger charge is 2.42. The first-order valence-corrected chi connectivity index (χ1v) is 14.6. The smallest absolute Gasteiger partial charge is 0.479 e. The molecular weight excluding hydrogens is 585 g/mol. The van der Waals surface area contributed by atoms with Crippen LogP contribution in [0.4, 0.5) is 5.95 Å². The molecule has 1 saturated carbocycles. The van der Waals surface area contributed by atoms with Crippen LogP contribution in [0.15, 0.2) is 54.9 Å². The van der Waals surface area contributed by atoms with Crippen LogP contribution in [0.25, 0.3) is 11.2 Å². The molecule has 224 valence electrons. The van der Waals surface area contributed by atoms with Crippen molar-refractivity contribution in [3.8, 4) is 40.4 Å². The summed E-state index contributed by atoms with van der Waals surface area (Å²) >= 11 is 0. The third kappa shape index (κ3) is 5.01. The molecule has 4 heterocycles. The average molecular weight is 612 g/mol. The van der Waals surface area contributed by atoms with E-state index in [2.05, 4.69) is 21.5 Å². The lowest BCUT2D eigenvalue weighted by Gasteiger charge is -2.23. The van der Waals surface area contributed by atoms with Crippen LogP contribution in [0.1, 0.15) is 12.5 Å². The Morgan fingerprint density at radius 2 is 1.65 bits per heavy atom. The monoisotopic (exact) mass is 611 g/mol. The molecule has 3 atom stereocenters. The number of nitrogens with two attached hydrogens (primary N) is 1. The van der Waals surface area contributed by atoms with E-state index >= 15 is 0 Å². The first kappa shape index (κ1) is 27.1. The molecule has 2 aromatic carbocycles. The minimum absolute atomic E-state index is 0.0115. The van der Waals surface area contributed by atoms with Crippen molar-refractivity contribution in [1.29, 1.82) is 0 Å². The number of fused-ring (bicyclic) bond motifs is 3. The zero-order chi connectivity index (χ0) is 29.7. The fourth-order valence-electron chi connectivity index (χ4n) is 5.19. The SMILES string of the molecule is C=C1C(COP(=O)(Oc2ccc3c(c2)OCO3)Oc2ccc3c(c2)OCO3)C(O)CC1n1cnc2c(OC)nc(N)nc21. The molecule has 0 bridgehead atoms. The van der Waals surface area contributed by atoms with Gasteiger partial charge in [-0.3, -0.25) is 4.52 Å². The summed E-state index contributed by atoms with van der Waals surface area (Å²) in [6, 6.07) is 8.97. The minimum Gasteiger partial charge on any atom is -0.479 e. The Labute approximate surface area is 244 Å². The summed E-state index contributed by atoms with van der Waals surface area (Å²) in [6.45, 7) is 4.09. The summed E-state index contributed by atoms with van der Waals surface area (Å²) in [4.78, 5) is 12.7. The molecule has 0 radical (unpaired) electrons. The number of hydrogen-bond acceptors (Lipinski definition) is 14. The molecular formula is C27H26N5O10P. The number of phosphoric acid groups is 1. The van der Waals surface area contributed by atoms with Gasteiger partial charge in [0, 0.05) is 18.1 Å². The predicted molar refractivity (Wildman–Crippen MR) is 149 cm³/mol. The van der Waals surface area contributed by atoms with Crippen LogP contribution >= 0.6 is 7.82 Å². The van der Waals surface area contributed by atoms with E-state index < -0.39 is 25.9 Å². The first-order chi connectivity index (χ1) is 20.8. The van der Waals surface area contributed by atoms with Crippen molar-refractivity contribution in [1.82, 2.24) is 19.5 Å². The fourth-order valence-corrected chi connectivity index (χ4v) is 6.42. The Bertz CT molecular complexity index is 1720. The number of methoxy groups -OCH3 is 1. The molecule has 15 nitrogen and oxygen atoms in total. The van der Waals surface area contributed by atoms with E-state index in [4.69, 9.17) is 43.0 Å². The number of aromatic nitrogens is 4. The number of hydrogen-bond donors (Lipinski definition) is 2. The van der Waals surface area contributed by atoms with Crippen LogP contribution in [0.5, 0.6) is 40.4 Å². The van der Waals surface area contributed by atoms with Crippen LogP contribution in [-0.2, 0) is 9.09 Å². The second-order valence-corrected chi connectivity index (χ2v) is 11.4. The van der Waals surface area contributed by atoms with E-state index in [1.54, 1.807) is 35.2 Å². The summed E-state index contributed by atoms with van der Waals surface area (Å²) in [6.07, 6.45) is 0.922. The Balaban J connectivity index is 1.14. The quantitative estimate of drug-likeness (QED) is 0.207. The van der Waals surface area contributed by atoms with Crippen LogP contribution in [0, 0.1) is 5.92 Å². The number of imidazole rings is 1. The zero-order valence-electron chi connectivity index (χ0n) is 22.7. The minimum atomic E-state index is -4.37. The van der Waals surface area contributed by atoms with Gasteiger partial charge in [0.05, 0.1) is 32.2 Å². The molecule has 3 unspecified atom stereocenters. The van der Waals surface area contributed by atoms with E-state index in [0.29, 0.717) is 39.7 Å². The van der Waals surface area contributed by atoms with E-state index in [1.807, 2.05) is 0 Å². The second-order valence-electron chi connectivity index (χ2n) is 9.87. The van der Waals surface area contributed by atoms with Crippen molar-refractivity contribution in [3.63, 3.8) is 0 Å². The number of aliphatic hydroxyl groups excluding tert-OH is 1. The van der Waals surface area contributed by atoms with Gasteiger partial charge in [-0.25, -0.2) is 9.55 Å². The molecule has 0 saturated heterocycles. The van der Waals surface area contributed by atoms with Crippen LogP contribution in [-0.4, -0.2) is 58.0 Å². The van der Waals surface area contributed by atoms with Gasteiger partial charge >= 0.3 is 7.82 Å². The van der Waals surface area contributed by atoms with Gasteiger partial charge in [-0.2, -0.15) is 9.97 Å². The Hall–Kier alpha value is -4.72. The van der Waals surface area contributed by atoms with Crippen molar-refractivity contribution < 1.29 is 46.9 Å². The van der Waals surface area contributed by atoms with Crippen molar-refractivity contribution in [3.05, 3.63) is 54.9 Å². The molecule has 16 heteroatoms. The average Bonchev–Trinajstić information content (AvgIpc) is 3.78. The number of nitrogens with zero attached hydrogens (tertiary/aromatic N) is 4. The zero-order valence-corrected chi connectivity index (χ0v) is 23.6. The van der Waals surface area contributed by atoms with E-state index in [-0.39, 0.29) is 49.9 Å². The van der Waals surface area contributed by atoms with E-state index in [1.165, 1.54) is 19.2 Å². The maximum absolute atomic E-state index is 14.1. The molecule has 0 amide bonds. The molecule has 2 aromatic heterocycles. The molecule has 43 heavy (non-hydrogen) atoms. The summed E-state index contributed by atoms with van der Waals surface area (Å²) in [7, 11) is -2.91. The molecule has 1 fully saturated rings. The van der Waals surface area contributed by atoms with Crippen molar-refractivity contribution >= 4 is 24.9 Å².